The van der Waals surface area contributed by atoms with E-state index in [1.54, 1.807) is 19.1 Å². The predicted octanol–water partition coefficient (Wildman–Crippen LogP) is 2.12. The van der Waals surface area contributed by atoms with Crippen LogP contribution in [0.5, 0.6) is 0 Å². The number of nitrogens with zero attached hydrogens (tertiary/aromatic N) is 4. The molecule has 0 saturated heterocycles. The number of halogens is 1. The third-order valence-electron chi connectivity index (χ3n) is 1.92. The van der Waals surface area contributed by atoms with E-state index in [1.165, 1.54) is 6.20 Å². The van der Waals surface area contributed by atoms with Gasteiger partial charge in [-0.05, 0) is 19.1 Å². The summed E-state index contributed by atoms with van der Waals surface area (Å²) in [4.78, 5) is 19.4. The normalized spacial score (nSPS) is 20.0. The molecular formula is C9H7ClN4O2. The molecular weight excluding hydrogens is 232 g/mol. The minimum Gasteiger partial charge on any atom is -0.315 e. The van der Waals surface area contributed by atoms with E-state index in [9.17, 15) is 4.79 Å². The van der Waals surface area contributed by atoms with E-state index < -0.39 is 12.0 Å². The molecule has 0 amide bonds. The molecule has 0 fully saturated rings. The summed E-state index contributed by atoms with van der Waals surface area (Å²) in [5, 5.41) is 11.4. The highest BCUT2D eigenvalue weighted by molar-refractivity contribution is 6.31. The van der Waals surface area contributed by atoms with Gasteiger partial charge in [-0.25, -0.2) is 9.78 Å². The first-order chi connectivity index (χ1) is 7.68. The van der Waals surface area contributed by atoms with Crippen molar-refractivity contribution in [1.29, 1.82) is 0 Å². The Morgan fingerprint density at radius 1 is 1.56 bits per heavy atom. The monoisotopic (exact) mass is 238 g/mol. The van der Waals surface area contributed by atoms with Gasteiger partial charge in [-0.1, -0.05) is 16.8 Å². The molecule has 16 heavy (non-hydrogen) atoms. The fraction of sp³-hybridized carbons (Fsp3) is 0.222. The van der Waals surface area contributed by atoms with Crippen molar-refractivity contribution in [1.82, 2.24) is 4.98 Å². The Hall–Kier alpha value is -1.82. The largest absolute Gasteiger partial charge is 0.367 e. The number of hydrogen-bond acceptors (Lipinski definition) is 6. The molecule has 0 radical (unpaired) electrons. The first-order valence-electron chi connectivity index (χ1n) is 4.45. The van der Waals surface area contributed by atoms with Crippen molar-refractivity contribution in [3.8, 4) is 0 Å². The molecule has 1 atom stereocenters. The second kappa shape index (κ2) is 4.36. The number of azo groups is 1. The number of oxime groups is 1. The van der Waals surface area contributed by atoms with E-state index >= 15 is 0 Å². The zero-order valence-electron chi connectivity index (χ0n) is 8.29. The molecule has 0 aliphatic carbocycles. The van der Waals surface area contributed by atoms with Crippen LogP contribution in [0.1, 0.15) is 6.92 Å². The number of carbonyl (C=O) groups is 1. The number of pyridine rings is 1. The lowest BCUT2D eigenvalue weighted by Gasteiger charge is -1.97. The maximum atomic E-state index is 11.2. The summed E-state index contributed by atoms with van der Waals surface area (Å²) in [6.07, 6.45) is 1.54. The highest BCUT2D eigenvalue weighted by atomic mass is 35.5. The van der Waals surface area contributed by atoms with Gasteiger partial charge in [-0.15, -0.1) is 0 Å². The van der Waals surface area contributed by atoms with Crippen LogP contribution >= 0.6 is 11.6 Å². The second-order valence-corrected chi connectivity index (χ2v) is 3.43. The lowest BCUT2D eigenvalue weighted by molar-refractivity contribution is -0.141. The van der Waals surface area contributed by atoms with E-state index in [-0.39, 0.29) is 5.15 Å². The minimum absolute atomic E-state index is 0.229. The highest BCUT2D eigenvalue weighted by Gasteiger charge is 2.29. The van der Waals surface area contributed by atoms with Gasteiger partial charge in [-0.2, -0.15) is 10.2 Å². The Morgan fingerprint density at radius 2 is 2.38 bits per heavy atom. The maximum absolute atomic E-state index is 11.2. The molecule has 0 aromatic carbocycles. The fourth-order valence-electron chi connectivity index (χ4n) is 1.09. The van der Waals surface area contributed by atoms with Crippen LogP contribution in [0.2, 0.25) is 5.15 Å². The summed E-state index contributed by atoms with van der Waals surface area (Å²) in [5.41, 5.74) is 0.866. The van der Waals surface area contributed by atoms with Gasteiger partial charge >= 0.3 is 5.97 Å². The van der Waals surface area contributed by atoms with Crippen molar-refractivity contribution >= 4 is 29.0 Å². The third-order valence-corrected chi connectivity index (χ3v) is 2.21. The molecule has 7 heteroatoms. The molecule has 0 saturated carbocycles. The van der Waals surface area contributed by atoms with Gasteiger partial charge in [0.05, 0.1) is 5.71 Å². The van der Waals surface area contributed by atoms with Crippen molar-refractivity contribution in [3.63, 3.8) is 0 Å². The molecule has 1 aromatic heterocycles. The molecule has 1 aliphatic heterocycles. The van der Waals surface area contributed by atoms with Crippen LogP contribution in [0.25, 0.3) is 0 Å². The van der Waals surface area contributed by atoms with Crippen LogP contribution in [0, 0.1) is 0 Å². The van der Waals surface area contributed by atoms with E-state index in [0.717, 1.165) is 0 Å². The molecule has 1 aliphatic rings. The smallest absolute Gasteiger partial charge is 0.315 e. The third kappa shape index (κ3) is 2.06. The zero-order valence-corrected chi connectivity index (χ0v) is 9.05. The molecule has 82 valence electrons. The SMILES string of the molecule is CC1=NOC(=O)C1N=Nc1cccnc1Cl. The average Bonchev–Trinajstić information content (AvgIpc) is 2.58. The molecule has 6 nitrogen and oxygen atoms in total. The van der Waals surface area contributed by atoms with Gasteiger partial charge in [0.2, 0.25) is 6.04 Å². The van der Waals surface area contributed by atoms with E-state index in [2.05, 4.69) is 25.2 Å². The Balaban J connectivity index is 2.19. The standard InChI is InChI=1S/C9H7ClN4O2/c1-5-7(9(15)16-14-5)13-12-6-3-2-4-11-8(6)10/h2-4,7H,1H3. The molecule has 2 rings (SSSR count). The summed E-state index contributed by atoms with van der Waals surface area (Å²) in [7, 11) is 0. The van der Waals surface area contributed by atoms with Crippen LogP contribution in [-0.2, 0) is 9.63 Å². The number of hydrogen-bond donors (Lipinski definition) is 0. The summed E-state index contributed by atoms with van der Waals surface area (Å²) >= 11 is 5.77. The maximum Gasteiger partial charge on any atom is 0.367 e. The molecule has 1 unspecified atom stereocenters. The van der Waals surface area contributed by atoms with Crippen LogP contribution in [0.3, 0.4) is 0 Å². The van der Waals surface area contributed by atoms with Crippen molar-refractivity contribution < 1.29 is 9.63 Å². The summed E-state index contributed by atoms with van der Waals surface area (Å²) < 4.78 is 0. The van der Waals surface area contributed by atoms with Gasteiger partial charge in [0, 0.05) is 6.20 Å². The lowest BCUT2D eigenvalue weighted by atomic mass is 10.2. The molecule has 2 heterocycles. The summed E-state index contributed by atoms with van der Waals surface area (Å²) in [5.74, 6) is -0.540. The lowest BCUT2D eigenvalue weighted by Crippen LogP contribution is -2.19. The summed E-state index contributed by atoms with van der Waals surface area (Å²) in [6, 6.07) is 2.54. The first-order valence-corrected chi connectivity index (χ1v) is 4.83. The zero-order chi connectivity index (χ0) is 11.5. The van der Waals surface area contributed by atoms with Gasteiger partial charge in [0.1, 0.15) is 5.69 Å². The second-order valence-electron chi connectivity index (χ2n) is 3.07. The van der Waals surface area contributed by atoms with E-state index in [1.807, 2.05) is 0 Å². The Morgan fingerprint density at radius 3 is 3.00 bits per heavy atom. The van der Waals surface area contributed by atoms with Gasteiger partial charge in [0.15, 0.2) is 5.15 Å². The van der Waals surface area contributed by atoms with Crippen LogP contribution in [0.4, 0.5) is 5.69 Å². The van der Waals surface area contributed by atoms with Gasteiger partial charge < -0.3 is 4.84 Å². The van der Waals surface area contributed by atoms with E-state index in [4.69, 9.17) is 11.6 Å². The van der Waals surface area contributed by atoms with Crippen LogP contribution in [0.15, 0.2) is 33.7 Å². The number of carbonyl (C=O) groups excluding carboxylic acids is 1. The number of rotatable bonds is 2. The highest BCUT2D eigenvalue weighted by Crippen LogP contribution is 2.22. The van der Waals surface area contributed by atoms with E-state index in [0.29, 0.717) is 11.4 Å². The van der Waals surface area contributed by atoms with Crippen molar-refractivity contribution in [2.24, 2.45) is 15.4 Å². The quantitative estimate of drug-likeness (QED) is 0.450. The van der Waals surface area contributed by atoms with Crippen LogP contribution < -0.4 is 0 Å². The Kier molecular flexibility index (Phi) is 2.91. The molecule has 0 spiro atoms. The fourth-order valence-corrected chi connectivity index (χ4v) is 1.25. The van der Waals surface area contributed by atoms with Crippen molar-refractivity contribution in [2.45, 2.75) is 13.0 Å². The minimum atomic E-state index is -0.781. The summed E-state index contributed by atoms with van der Waals surface area (Å²) in [6.45, 7) is 1.64. The van der Waals surface area contributed by atoms with Crippen LogP contribution in [-0.4, -0.2) is 22.7 Å². The molecule has 0 N–H and O–H groups in total. The number of aromatic nitrogens is 1. The van der Waals surface area contributed by atoms with Gasteiger partial charge in [0.25, 0.3) is 0 Å². The van der Waals surface area contributed by atoms with Gasteiger partial charge in [-0.3, -0.25) is 0 Å². The topological polar surface area (TPSA) is 76.3 Å². The Bertz CT molecular complexity index is 486. The first kappa shape index (κ1) is 10.7. The Labute approximate surface area is 96.0 Å². The molecule has 1 aromatic rings. The van der Waals surface area contributed by atoms with Crippen molar-refractivity contribution in [3.05, 3.63) is 23.5 Å². The average molecular weight is 239 g/mol. The predicted molar refractivity (Wildman–Crippen MR) is 56.8 cm³/mol. The molecule has 0 bridgehead atoms. The van der Waals surface area contributed by atoms with Crippen molar-refractivity contribution in [2.75, 3.05) is 0 Å².